The number of sulfone groups is 1. The average molecular weight is 2090 g/mol. The van der Waals surface area contributed by atoms with Gasteiger partial charge in [0.2, 0.25) is 15.3 Å². The third-order valence-corrected chi connectivity index (χ3v) is 24.9. The Morgan fingerprint density at radius 1 is 0.248 bits per heavy atom. The number of phenolic OH excluding ortho intramolecular Hbond substituents is 18. The molecule has 0 heterocycles. The summed E-state index contributed by atoms with van der Waals surface area (Å²) in [5.74, 6) is 1.02. The van der Waals surface area contributed by atoms with Gasteiger partial charge in [0.15, 0.2) is 5.78 Å². The largest absolute Gasteiger partial charge is 0.508 e. The number of carbonyl (C=O) groups is 2. The van der Waals surface area contributed by atoms with Gasteiger partial charge in [-0.15, -0.1) is 0 Å². The lowest BCUT2D eigenvalue weighted by Crippen LogP contribution is -2.54. The molecule has 770 valence electrons. The number of carbonyl (C=O) groups excluding carboxylic acids is 1. The highest BCUT2D eigenvalue weighted by Gasteiger charge is 2.72. The van der Waals surface area contributed by atoms with E-state index in [-0.39, 0.29) is 124 Å². The standard InChI is InChI=1S/C17H18O4.C15H10F6O2.C15H16O2.C14H10Cl2O2.C13H10O3.C13H12O2.C12H10O4S.C12H10O2.C6H6O2/c1-17(11-10-16(20)21,12-2-6-14(18)7-3-12)13-4-8-15(19)9-5-13;16-14(17,18)13(15(19,20)21,9-1-5-11(22)6-2-9)10-3-7-12(23)8-4-10;1-15(2,11-3-7-13(16)8-4-11)12-5-9-14(17)10-6-12;15-14(16)13(9-1-5-11(17)6-2-9)10-3-7-12(18)8-4-10;14-11-5-1-9(2-6-11)13(16)10-3-7-12(15)8-4-10;14-12-5-1-10(2-6-12)9-11-3-7-13(15)8-4-11;13-9-1-5-11(6-2-9)17(15,16)12-7-3-10(14)4-8-12;13-11-5-1-9(2-6-11)10-3-7-12(14)8-4-10;7-5-1-2-6(8)4-3-5/h2-9,18-19H,10-11H2,1H3,(H,20,21);1-8,22-23H;3-10,16-17H,1-2H3;1-8,17-18H;1-8,14-15H;1-8,14-15H,9H2;1-8,13-14H;1-8,13-14H;1-4,7-8H. The first-order valence-corrected chi connectivity index (χ1v) is 47.0. The van der Waals surface area contributed by atoms with E-state index in [0.29, 0.717) is 47.4 Å². The van der Waals surface area contributed by atoms with Crippen LogP contribution in [0.2, 0.25) is 0 Å². The molecule has 0 radical (unpaired) electrons. The van der Waals surface area contributed by atoms with Gasteiger partial charge in [-0.3, -0.25) is 9.59 Å². The van der Waals surface area contributed by atoms with Gasteiger partial charge in [0.25, 0.3) is 0 Å². The molecule has 0 spiro atoms. The Kier molecular flexibility index (Phi) is 40.5. The molecule has 0 saturated heterocycles. The lowest BCUT2D eigenvalue weighted by Gasteiger charge is -2.38. The smallest absolute Gasteiger partial charge is 0.411 e. The van der Waals surface area contributed by atoms with Crippen molar-refractivity contribution in [2.75, 3.05) is 0 Å². The minimum Gasteiger partial charge on any atom is -0.508 e. The number of aromatic hydroxyl groups is 18. The normalized spacial score (nSPS) is 10.9. The molecule has 17 aromatic carbocycles. The molecule has 23 nitrogen and oxygen atoms in total. The second kappa shape index (κ2) is 52.6. The highest BCUT2D eigenvalue weighted by atomic mass is 35.5. The first-order chi connectivity index (χ1) is 70.4. The van der Waals surface area contributed by atoms with Gasteiger partial charge in [-0.25, -0.2) is 8.42 Å². The summed E-state index contributed by atoms with van der Waals surface area (Å²) >= 11 is 11.8. The van der Waals surface area contributed by atoms with Crippen LogP contribution in [0.15, 0.2) is 427 Å². The van der Waals surface area contributed by atoms with E-state index in [1.54, 1.807) is 194 Å². The Bertz CT molecular complexity index is 6840. The molecule has 0 fully saturated rings. The fraction of sp³-hybridized carbons (Fsp3) is 0.0940. The van der Waals surface area contributed by atoms with Crippen molar-refractivity contribution < 1.29 is 141 Å². The molecule has 0 amide bonds. The summed E-state index contributed by atoms with van der Waals surface area (Å²) in [6.07, 6.45) is -10.1. The highest BCUT2D eigenvalue weighted by molar-refractivity contribution is 7.91. The van der Waals surface area contributed by atoms with Crippen LogP contribution in [0.4, 0.5) is 26.3 Å². The minimum atomic E-state index is -5.70. The molecule has 0 aliphatic heterocycles. The fourth-order valence-corrected chi connectivity index (χ4v) is 16.1. The predicted octanol–water partition coefficient (Wildman–Crippen LogP) is 26.3. The van der Waals surface area contributed by atoms with Gasteiger partial charge < -0.3 is 97.0 Å². The van der Waals surface area contributed by atoms with E-state index in [2.05, 4.69) is 13.8 Å². The van der Waals surface area contributed by atoms with E-state index >= 15 is 0 Å². The van der Waals surface area contributed by atoms with Crippen LogP contribution < -0.4 is 0 Å². The maximum absolute atomic E-state index is 13.6. The van der Waals surface area contributed by atoms with Gasteiger partial charge in [0.1, 0.15) is 108 Å². The predicted molar refractivity (Wildman–Crippen MR) is 556 cm³/mol. The van der Waals surface area contributed by atoms with Crippen LogP contribution in [0.3, 0.4) is 0 Å². The summed E-state index contributed by atoms with van der Waals surface area (Å²) < 4.78 is 106. The van der Waals surface area contributed by atoms with Crippen molar-refractivity contribution in [1.82, 2.24) is 0 Å². The van der Waals surface area contributed by atoms with Gasteiger partial charge in [-0.05, 0) is 347 Å². The lowest BCUT2D eigenvalue weighted by atomic mass is 9.73. The van der Waals surface area contributed by atoms with E-state index in [0.717, 1.165) is 86.3 Å². The molecule has 0 aliphatic carbocycles. The van der Waals surface area contributed by atoms with Gasteiger partial charge in [-0.1, -0.05) is 190 Å². The first-order valence-electron chi connectivity index (χ1n) is 44.8. The molecule has 0 unspecified atom stereocenters. The SMILES string of the molecule is CC(C)(c1ccc(O)cc1)c1ccc(O)cc1.CC(CCC(=O)O)(c1ccc(O)cc1)c1ccc(O)cc1.O=C(c1ccc(O)cc1)c1ccc(O)cc1.O=S(=O)(c1ccc(O)cc1)c1ccc(O)cc1.Oc1ccc(-c2ccc(O)cc2)cc1.Oc1ccc(C(=C(Cl)Cl)c2ccc(O)cc2)cc1.Oc1ccc(C(c2ccc(O)cc2)(C(F)(F)F)C(F)(F)F)cc1.Oc1ccc(Cc2ccc(O)cc2)cc1.Oc1ccc(O)cc1. The number of phenols is 18. The van der Waals surface area contributed by atoms with Crippen LogP contribution in [0.5, 0.6) is 103 Å². The number of benzene rings is 17. The van der Waals surface area contributed by atoms with Gasteiger partial charge in [0.05, 0.1) is 9.79 Å². The Morgan fingerprint density at radius 2 is 0.430 bits per heavy atom. The van der Waals surface area contributed by atoms with Crippen molar-refractivity contribution in [3.63, 3.8) is 0 Å². The van der Waals surface area contributed by atoms with Crippen LogP contribution >= 0.6 is 23.2 Å². The number of alkyl halides is 6. The summed E-state index contributed by atoms with van der Waals surface area (Å²) in [7, 11) is -3.59. The molecule has 149 heavy (non-hydrogen) atoms. The number of hydrogen-bond acceptors (Lipinski definition) is 22. The van der Waals surface area contributed by atoms with Crippen molar-refractivity contribution in [3.05, 3.63) is 484 Å². The van der Waals surface area contributed by atoms with E-state index < -0.39 is 61.6 Å². The first kappa shape index (κ1) is 115. The van der Waals surface area contributed by atoms with Crippen molar-refractivity contribution in [1.29, 1.82) is 0 Å². The molecule has 0 bridgehead atoms. The number of ketones is 1. The van der Waals surface area contributed by atoms with Crippen LogP contribution in [0.1, 0.15) is 105 Å². The van der Waals surface area contributed by atoms with Crippen molar-refractivity contribution in [2.45, 2.75) is 78.4 Å². The third kappa shape index (κ3) is 33.6. The van der Waals surface area contributed by atoms with Crippen LogP contribution in [0, 0.1) is 0 Å². The average Bonchev–Trinajstić information content (AvgIpc) is 0.714. The summed E-state index contributed by atoms with van der Waals surface area (Å²) in [6, 6.07) is 103. The molecule has 17 rings (SSSR count). The molecule has 0 aromatic heterocycles. The van der Waals surface area contributed by atoms with Gasteiger partial charge >= 0.3 is 18.3 Å². The number of carboxylic acid groups (broad SMARTS) is 1. The van der Waals surface area contributed by atoms with E-state index in [4.69, 9.17) is 89.6 Å². The number of aliphatic carboxylic acids is 1. The quantitative estimate of drug-likeness (QED) is 0.0215. The summed E-state index contributed by atoms with van der Waals surface area (Å²) in [5, 5.41) is 173. The van der Waals surface area contributed by atoms with Crippen LogP contribution in [-0.4, -0.2) is 130 Å². The van der Waals surface area contributed by atoms with Crippen molar-refractivity contribution in [3.8, 4) is 115 Å². The molecule has 32 heteroatoms. The summed E-state index contributed by atoms with van der Waals surface area (Å²) in [4.78, 5) is 23.0. The zero-order chi connectivity index (χ0) is 109. The maximum Gasteiger partial charge on any atom is 0.411 e. The van der Waals surface area contributed by atoms with Gasteiger partial charge in [0, 0.05) is 34.0 Å². The monoisotopic (exact) mass is 2090 g/mol. The molecular formula is C117H102Cl2F6O23S. The lowest BCUT2D eigenvalue weighted by molar-refractivity contribution is -0.288. The second-order valence-electron chi connectivity index (χ2n) is 33.6. The molecule has 17 aromatic rings. The van der Waals surface area contributed by atoms with Gasteiger partial charge in [-0.2, -0.15) is 26.3 Å². The minimum absolute atomic E-state index is 0.00894. The Morgan fingerprint density at radius 3 is 0.644 bits per heavy atom. The highest BCUT2D eigenvalue weighted by Crippen LogP contribution is 2.57. The Balaban J connectivity index is 0.000000188. The zero-order valence-electron chi connectivity index (χ0n) is 79.4. The fourth-order valence-electron chi connectivity index (χ4n) is 14.4. The number of halogens is 8. The summed E-state index contributed by atoms with van der Waals surface area (Å²) in [6.45, 7) is 6.20. The number of hydrogen-bond donors (Lipinski definition) is 19. The van der Waals surface area contributed by atoms with Crippen LogP contribution in [0.25, 0.3) is 16.7 Å². The molecule has 0 saturated carbocycles. The Labute approximate surface area is 863 Å². The van der Waals surface area contributed by atoms with Crippen LogP contribution in [-0.2, 0) is 37.3 Å². The maximum atomic E-state index is 13.6. The van der Waals surface area contributed by atoms with Crippen molar-refractivity contribution >= 4 is 50.4 Å². The zero-order valence-corrected chi connectivity index (χ0v) is 81.8. The topological polar surface area (TPSA) is 453 Å². The number of carboxylic acids is 1. The molecule has 0 atom stereocenters. The molecular weight excluding hydrogens is 1990 g/mol. The summed E-state index contributed by atoms with van der Waals surface area (Å²) in [5.41, 5.74) is 4.55. The molecule has 19 N–H and O–H groups in total. The van der Waals surface area contributed by atoms with E-state index in [1.165, 1.54) is 97.1 Å². The van der Waals surface area contributed by atoms with E-state index in [9.17, 15) is 75.0 Å². The second-order valence-corrected chi connectivity index (χ2v) is 36.5. The molecule has 0 aliphatic rings. The third-order valence-electron chi connectivity index (χ3n) is 22.7. The Hall–Kier alpha value is -17.9. The van der Waals surface area contributed by atoms with Crippen molar-refractivity contribution in [2.24, 2.45) is 0 Å². The van der Waals surface area contributed by atoms with E-state index in [1.807, 2.05) is 79.7 Å². The number of rotatable bonds is 18.